The number of imide groups is 1. The molecule has 7 nitrogen and oxygen atoms in total. The Morgan fingerprint density at radius 1 is 1.21 bits per heavy atom. The molecule has 10 heteroatoms. The topological polar surface area (TPSA) is 104 Å². The van der Waals surface area contributed by atoms with Gasteiger partial charge >= 0.3 is 6.09 Å². The summed E-state index contributed by atoms with van der Waals surface area (Å²) in [6, 6.07) is 12.0. The van der Waals surface area contributed by atoms with E-state index in [1.807, 2.05) is 5.32 Å². The van der Waals surface area contributed by atoms with Crippen LogP contribution in [0.4, 0.5) is 10.5 Å². The number of hydrogen-bond acceptors (Lipinski definition) is 6. The molecule has 2 N–H and O–H groups in total. The third-order valence-corrected chi connectivity index (χ3v) is 4.45. The predicted octanol–water partition coefficient (Wildman–Crippen LogP) is 4.97. The van der Waals surface area contributed by atoms with Gasteiger partial charge in [0.05, 0.1) is 24.3 Å². The normalized spacial score (nSPS) is 11.6. The molecule has 0 bridgehead atoms. The largest absolute Gasteiger partial charge is 0.450 e. The first-order valence-electron chi connectivity index (χ1n) is 8.26. The van der Waals surface area contributed by atoms with Gasteiger partial charge in [0.25, 0.3) is 5.91 Å². The van der Waals surface area contributed by atoms with Gasteiger partial charge in [0.2, 0.25) is 0 Å². The van der Waals surface area contributed by atoms with Crippen LogP contribution in [-0.2, 0) is 9.53 Å². The van der Waals surface area contributed by atoms with Gasteiger partial charge in [0, 0.05) is 20.6 Å². The van der Waals surface area contributed by atoms with Gasteiger partial charge in [-0.15, -0.1) is 0 Å². The van der Waals surface area contributed by atoms with Crippen LogP contribution in [0.1, 0.15) is 24.0 Å². The molecule has 0 aliphatic rings. The SMILES string of the molecule is CCOC(=O)NC(=O)C=NNc1cc(Cl)c(C(C#N)c2ccc(Cl)cc2)c(Cl)c1. The Bertz CT molecular complexity index is 949. The van der Waals surface area contributed by atoms with Crippen LogP contribution in [-0.4, -0.2) is 24.8 Å². The molecule has 0 aromatic heterocycles. The minimum absolute atomic E-state index is 0.136. The van der Waals surface area contributed by atoms with Crippen LogP contribution in [0.25, 0.3) is 0 Å². The van der Waals surface area contributed by atoms with Crippen LogP contribution in [0.3, 0.4) is 0 Å². The van der Waals surface area contributed by atoms with Crippen LogP contribution in [0.2, 0.25) is 15.1 Å². The fourth-order valence-electron chi connectivity index (χ4n) is 2.35. The number of ether oxygens (including phenoxy) is 1. The van der Waals surface area contributed by atoms with Crippen LogP contribution in [0.15, 0.2) is 41.5 Å². The van der Waals surface area contributed by atoms with E-state index in [-0.39, 0.29) is 16.7 Å². The van der Waals surface area contributed by atoms with Crippen molar-refractivity contribution in [2.45, 2.75) is 12.8 Å². The summed E-state index contributed by atoms with van der Waals surface area (Å²) in [6.07, 6.45) is -0.0116. The highest BCUT2D eigenvalue weighted by Crippen LogP contribution is 2.38. The highest BCUT2D eigenvalue weighted by atomic mass is 35.5. The molecular formula is C19H15Cl3N4O3. The zero-order valence-corrected chi connectivity index (χ0v) is 17.3. The Morgan fingerprint density at radius 2 is 1.83 bits per heavy atom. The molecule has 2 amide bonds. The molecule has 1 unspecified atom stereocenters. The maximum Gasteiger partial charge on any atom is 0.414 e. The molecule has 2 rings (SSSR count). The van der Waals surface area contributed by atoms with Gasteiger partial charge in [0.1, 0.15) is 6.21 Å². The van der Waals surface area contributed by atoms with E-state index in [0.29, 0.717) is 21.8 Å². The van der Waals surface area contributed by atoms with E-state index in [2.05, 4.69) is 21.3 Å². The lowest BCUT2D eigenvalue weighted by molar-refractivity contribution is -0.113. The van der Waals surface area contributed by atoms with Crippen LogP contribution >= 0.6 is 34.8 Å². The molecule has 0 saturated carbocycles. The Kier molecular flexibility index (Phi) is 8.28. The third-order valence-electron chi connectivity index (χ3n) is 3.58. The van der Waals surface area contributed by atoms with Crippen molar-refractivity contribution in [2.24, 2.45) is 5.10 Å². The van der Waals surface area contributed by atoms with Gasteiger partial charge < -0.3 is 4.74 Å². The summed E-state index contributed by atoms with van der Waals surface area (Å²) in [5.41, 5.74) is 4.09. The second-order valence-electron chi connectivity index (χ2n) is 5.55. The number of nitrogens with one attached hydrogen (secondary N) is 2. The number of hydrogen-bond donors (Lipinski definition) is 2. The standard InChI is InChI=1S/C19H15Cl3N4O3/c1-2-29-19(28)25-17(27)10-24-26-13-7-15(21)18(16(22)8-13)14(9-23)11-3-5-12(20)6-4-11/h3-8,10,14,26H,2H2,1H3,(H,25,27,28). The average Bonchev–Trinajstić information content (AvgIpc) is 2.65. The molecule has 29 heavy (non-hydrogen) atoms. The number of alkyl carbamates (subject to hydrolysis) is 1. The number of carbonyl (C=O) groups excluding carboxylic acids is 2. The molecule has 0 spiro atoms. The lowest BCUT2D eigenvalue weighted by Crippen LogP contribution is -2.31. The highest BCUT2D eigenvalue weighted by molar-refractivity contribution is 6.36. The number of anilines is 1. The van der Waals surface area contributed by atoms with E-state index in [0.717, 1.165) is 6.21 Å². The highest BCUT2D eigenvalue weighted by Gasteiger charge is 2.21. The number of rotatable bonds is 6. The molecule has 0 heterocycles. The molecule has 0 aliphatic carbocycles. The molecular weight excluding hydrogens is 439 g/mol. The molecule has 0 fully saturated rings. The van der Waals surface area contributed by atoms with E-state index in [1.165, 1.54) is 12.1 Å². The lowest BCUT2D eigenvalue weighted by Gasteiger charge is -2.15. The second-order valence-corrected chi connectivity index (χ2v) is 6.80. The Hall–Kier alpha value is -2.79. The van der Waals surface area contributed by atoms with Crippen LogP contribution < -0.4 is 10.7 Å². The van der Waals surface area contributed by atoms with E-state index < -0.39 is 17.9 Å². The maximum atomic E-state index is 11.5. The summed E-state index contributed by atoms with van der Waals surface area (Å²) >= 11 is 18.6. The van der Waals surface area contributed by atoms with Gasteiger partial charge in [-0.3, -0.25) is 15.5 Å². The number of hydrazone groups is 1. The molecule has 0 saturated heterocycles. The fraction of sp³-hybridized carbons (Fsp3) is 0.158. The Balaban J connectivity index is 2.15. The van der Waals surface area contributed by atoms with Crippen LogP contribution in [0.5, 0.6) is 0 Å². The monoisotopic (exact) mass is 452 g/mol. The minimum atomic E-state index is -0.871. The van der Waals surface area contributed by atoms with Crippen molar-refractivity contribution in [3.8, 4) is 6.07 Å². The number of halogens is 3. The second kappa shape index (κ2) is 10.7. The summed E-state index contributed by atoms with van der Waals surface area (Å²) in [4.78, 5) is 22.7. The van der Waals surface area contributed by atoms with E-state index in [4.69, 9.17) is 34.8 Å². The molecule has 0 aliphatic heterocycles. The molecule has 150 valence electrons. The molecule has 2 aromatic rings. The van der Waals surface area contributed by atoms with Gasteiger partial charge in [-0.1, -0.05) is 46.9 Å². The quantitative estimate of drug-likeness (QED) is 0.474. The minimum Gasteiger partial charge on any atom is -0.450 e. The first-order chi connectivity index (χ1) is 13.8. The van der Waals surface area contributed by atoms with Gasteiger partial charge in [-0.2, -0.15) is 10.4 Å². The fourth-order valence-corrected chi connectivity index (χ4v) is 3.18. The predicted molar refractivity (Wildman–Crippen MR) is 113 cm³/mol. The summed E-state index contributed by atoms with van der Waals surface area (Å²) < 4.78 is 4.58. The Labute approximate surface area is 182 Å². The zero-order chi connectivity index (χ0) is 21.4. The van der Waals surface area contributed by atoms with E-state index in [9.17, 15) is 14.9 Å². The number of nitriles is 1. The number of carbonyl (C=O) groups is 2. The molecule has 1 atom stereocenters. The lowest BCUT2D eigenvalue weighted by atomic mass is 9.92. The molecule has 0 radical (unpaired) electrons. The maximum absolute atomic E-state index is 11.5. The third kappa shape index (κ3) is 6.36. The van der Waals surface area contributed by atoms with Gasteiger partial charge in [0.15, 0.2) is 0 Å². The number of nitrogens with zero attached hydrogens (tertiary/aromatic N) is 2. The summed E-state index contributed by atoms with van der Waals surface area (Å²) in [5.74, 6) is -1.46. The number of amides is 2. The van der Waals surface area contributed by atoms with Crippen molar-refractivity contribution in [3.05, 3.63) is 62.6 Å². The van der Waals surface area contributed by atoms with Crippen LogP contribution in [0, 0.1) is 11.3 Å². The molecule has 2 aromatic carbocycles. The van der Waals surface area contributed by atoms with Crippen molar-refractivity contribution in [1.82, 2.24) is 5.32 Å². The summed E-state index contributed by atoms with van der Waals surface area (Å²) in [5, 5.41) is 16.3. The average molecular weight is 454 g/mol. The van der Waals surface area contributed by atoms with Crippen molar-refractivity contribution in [3.63, 3.8) is 0 Å². The van der Waals surface area contributed by atoms with Crippen molar-refractivity contribution >= 4 is 58.7 Å². The number of benzene rings is 2. The summed E-state index contributed by atoms with van der Waals surface area (Å²) in [6.45, 7) is 1.75. The van der Waals surface area contributed by atoms with Gasteiger partial charge in [-0.05, 0) is 36.8 Å². The first-order valence-corrected chi connectivity index (χ1v) is 9.40. The van der Waals surface area contributed by atoms with E-state index >= 15 is 0 Å². The van der Waals surface area contributed by atoms with Crippen molar-refractivity contribution in [1.29, 1.82) is 5.26 Å². The van der Waals surface area contributed by atoms with E-state index in [1.54, 1.807) is 31.2 Å². The summed E-state index contributed by atoms with van der Waals surface area (Å²) in [7, 11) is 0. The first kappa shape index (κ1) is 22.5. The van der Waals surface area contributed by atoms with Crippen molar-refractivity contribution in [2.75, 3.05) is 12.0 Å². The smallest absolute Gasteiger partial charge is 0.414 e. The Morgan fingerprint density at radius 3 is 2.38 bits per heavy atom. The van der Waals surface area contributed by atoms with Crippen molar-refractivity contribution < 1.29 is 14.3 Å². The van der Waals surface area contributed by atoms with Gasteiger partial charge in [-0.25, -0.2) is 4.79 Å². The zero-order valence-electron chi connectivity index (χ0n) is 15.1.